The highest BCUT2D eigenvalue weighted by molar-refractivity contribution is 9.10. The van der Waals surface area contributed by atoms with E-state index in [0.717, 1.165) is 21.9 Å². The SMILES string of the molecule is BrCCn1cnc2cc(Br)ccc21. The molecule has 1 aromatic carbocycles. The van der Waals surface area contributed by atoms with Crippen molar-refractivity contribution in [3.05, 3.63) is 29.0 Å². The van der Waals surface area contributed by atoms with Gasteiger partial charge in [0.1, 0.15) is 0 Å². The number of fused-ring (bicyclic) bond motifs is 1. The molecule has 2 aromatic rings. The van der Waals surface area contributed by atoms with Gasteiger partial charge in [0, 0.05) is 16.3 Å². The monoisotopic (exact) mass is 302 g/mol. The maximum absolute atomic E-state index is 4.31. The zero-order valence-electron chi connectivity index (χ0n) is 6.87. The van der Waals surface area contributed by atoms with Crippen molar-refractivity contribution < 1.29 is 0 Å². The van der Waals surface area contributed by atoms with Gasteiger partial charge in [0.15, 0.2) is 0 Å². The van der Waals surface area contributed by atoms with Crippen LogP contribution in [0.5, 0.6) is 0 Å². The smallest absolute Gasteiger partial charge is 0.0958 e. The maximum Gasteiger partial charge on any atom is 0.0958 e. The molecule has 2 rings (SSSR count). The second kappa shape index (κ2) is 3.80. The van der Waals surface area contributed by atoms with Gasteiger partial charge < -0.3 is 4.57 Å². The van der Waals surface area contributed by atoms with Crippen LogP contribution < -0.4 is 0 Å². The lowest BCUT2D eigenvalue weighted by molar-refractivity contribution is 0.801. The Morgan fingerprint density at radius 1 is 1.38 bits per heavy atom. The lowest BCUT2D eigenvalue weighted by atomic mass is 10.3. The molecule has 2 nitrogen and oxygen atoms in total. The van der Waals surface area contributed by atoms with Gasteiger partial charge in [0.25, 0.3) is 0 Å². The molecule has 0 radical (unpaired) electrons. The number of nitrogens with zero attached hydrogens (tertiary/aromatic N) is 2. The van der Waals surface area contributed by atoms with Gasteiger partial charge in [-0.05, 0) is 18.2 Å². The average molecular weight is 304 g/mol. The standard InChI is InChI=1S/C9H8Br2N2/c10-3-4-13-6-12-8-5-7(11)1-2-9(8)13/h1-2,5-6H,3-4H2. The summed E-state index contributed by atoms with van der Waals surface area (Å²) in [6, 6.07) is 6.14. The summed E-state index contributed by atoms with van der Waals surface area (Å²) in [5.74, 6) is 0. The lowest BCUT2D eigenvalue weighted by Crippen LogP contribution is -1.95. The molecule has 0 saturated heterocycles. The van der Waals surface area contributed by atoms with E-state index in [9.17, 15) is 0 Å². The van der Waals surface area contributed by atoms with E-state index in [0.29, 0.717) is 0 Å². The minimum Gasteiger partial charge on any atom is -0.330 e. The van der Waals surface area contributed by atoms with Crippen LogP contribution in [0.4, 0.5) is 0 Å². The van der Waals surface area contributed by atoms with E-state index in [-0.39, 0.29) is 0 Å². The Morgan fingerprint density at radius 2 is 2.23 bits per heavy atom. The average Bonchev–Trinajstić information content (AvgIpc) is 2.49. The van der Waals surface area contributed by atoms with Crippen LogP contribution in [0.25, 0.3) is 11.0 Å². The number of aryl methyl sites for hydroxylation is 1. The second-order valence-corrected chi connectivity index (χ2v) is 4.47. The third kappa shape index (κ3) is 1.79. The van der Waals surface area contributed by atoms with Crippen molar-refractivity contribution in [2.75, 3.05) is 5.33 Å². The summed E-state index contributed by atoms with van der Waals surface area (Å²) in [7, 11) is 0. The minimum atomic E-state index is 0.953. The summed E-state index contributed by atoms with van der Waals surface area (Å²) in [6.45, 7) is 0.956. The molecule has 1 heterocycles. The number of alkyl halides is 1. The van der Waals surface area contributed by atoms with Crippen LogP contribution in [0, 0.1) is 0 Å². The molecule has 0 atom stereocenters. The Kier molecular flexibility index (Phi) is 2.69. The first-order valence-corrected chi connectivity index (χ1v) is 5.89. The Labute approximate surface area is 93.2 Å². The van der Waals surface area contributed by atoms with Gasteiger partial charge >= 0.3 is 0 Å². The maximum atomic E-state index is 4.31. The minimum absolute atomic E-state index is 0.953. The van der Waals surface area contributed by atoms with E-state index in [1.807, 2.05) is 18.5 Å². The highest BCUT2D eigenvalue weighted by Crippen LogP contribution is 2.18. The van der Waals surface area contributed by atoms with Crippen molar-refractivity contribution in [3.8, 4) is 0 Å². The fourth-order valence-electron chi connectivity index (χ4n) is 1.31. The first kappa shape index (κ1) is 9.21. The van der Waals surface area contributed by atoms with Crippen molar-refractivity contribution in [1.29, 1.82) is 0 Å². The number of aromatic nitrogens is 2. The van der Waals surface area contributed by atoms with Crippen molar-refractivity contribution in [2.24, 2.45) is 0 Å². The fraction of sp³-hybridized carbons (Fsp3) is 0.222. The van der Waals surface area contributed by atoms with Crippen LogP contribution in [0.15, 0.2) is 29.0 Å². The second-order valence-electron chi connectivity index (χ2n) is 2.76. The summed E-state index contributed by atoms with van der Waals surface area (Å²) in [5.41, 5.74) is 2.22. The molecule has 1 aromatic heterocycles. The summed E-state index contributed by atoms with van der Waals surface area (Å²) < 4.78 is 3.21. The number of imidazole rings is 1. The largest absolute Gasteiger partial charge is 0.330 e. The lowest BCUT2D eigenvalue weighted by Gasteiger charge is -1.99. The normalized spacial score (nSPS) is 10.9. The Hall–Kier alpha value is -0.350. The molecule has 0 unspecified atom stereocenters. The van der Waals surface area contributed by atoms with Gasteiger partial charge in [0.05, 0.1) is 17.4 Å². The van der Waals surface area contributed by atoms with E-state index in [4.69, 9.17) is 0 Å². The molecule has 0 aliphatic rings. The first-order valence-electron chi connectivity index (χ1n) is 3.97. The molecule has 0 N–H and O–H groups in total. The number of hydrogen-bond acceptors (Lipinski definition) is 1. The van der Waals surface area contributed by atoms with Crippen molar-refractivity contribution >= 4 is 42.9 Å². The van der Waals surface area contributed by atoms with Crippen molar-refractivity contribution in [2.45, 2.75) is 6.54 Å². The topological polar surface area (TPSA) is 17.8 Å². The molecule has 0 amide bonds. The molecule has 0 aliphatic carbocycles. The predicted molar refractivity (Wildman–Crippen MR) is 61.2 cm³/mol. The van der Waals surface area contributed by atoms with Crippen molar-refractivity contribution in [1.82, 2.24) is 9.55 Å². The molecule has 0 saturated carbocycles. The highest BCUT2D eigenvalue weighted by Gasteiger charge is 2.01. The predicted octanol–water partition coefficient (Wildman–Crippen LogP) is 3.19. The van der Waals surface area contributed by atoms with Crippen LogP contribution in [-0.4, -0.2) is 14.9 Å². The number of benzene rings is 1. The van der Waals surface area contributed by atoms with Crippen molar-refractivity contribution in [3.63, 3.8) is 0 Å². The summed E-state index contributed by atoms with van der Waals surface area (Å²) in [6.07, 6.45) is 1.87. The molecule has 0 fully saturated rings. The van der Waals surface area contributed by atoms with Gasteiger partial charge in [0.2, 0.25) is 0 Å². The molecule has 0 bridgehead atoms. The summed E-state index contributed by atoms with van der Waals surface area (Å²) >= 11 is 6.84. The molecular weight excluding hydrogens is 296 g/mol. The molecule has 13 heavy (non-hydrogen) atoms. The van der Waals surface area contributed by atoms with Gasteiger partial charge in [-0.15, -0.1) is 0 Å². The summed E-state index contributed by atoms with van der Waals surface area (Å²) in [4.78, 5) is 4.31. The van der Waals surface area contributed by atoms with Crippen LogP contribution in [-0.2, 0) is 6.54 Å². The van der Waals surface area contributed by atoms with E-state index < -0.39 is 0 Å². The Bertz CT molecular complexity index is 422. The van der Waals surface area contributed by atoms with Gasteiger partial charge in [-0.25, -0.2) is 4.98 Å². The molecular formula is C9H8Br2N2. The van der Waals surface area contributed by atoms with E-state index in [2.05, 4.69) is 47.5 Å². The number of hydrogen-bond donors (Lipinski definition) is 0. The molecule has 0 aliphatic heterocycles. The zero-order valence-corrected chi connectivity index (χ0v) is 10.0. The fourth-order valence-corrected chi connectivity index (χ4v) is 2.04. The summed E-state index contributed by atoms with van der Waals surface area (Å²) in [5, 5.41) is 0.953. The van der Waals surface area contributed by atoms with Crippen LogP contribution in [0.1, 0.15) is 0 Å². The zero-order chi connectivity index (χ0) is 9.26. The molecule has 68 valence electrons. The first-order chi connectivity index (χ1) is 6.31. The van der Waals surface area contributed by atoms with E-state index >= 15 is 0 Å². The quantitative estimate of drug-likeness (QED) is 0.779. The van der Waals surface area contributed by atoms with Gasteiger partial charge in [-0.3, -0.25) is 0 Å². The molecule has 0 spiro atoms. The third-order valence-corrected chi connectivity index (χ3v) is 2.76. The van der Waals surface area contributed by atoms with Gasteiger partial charge in [-0.1, -0.05) is 31.9 Å². The molecule has 4 heteroatoms. The third-order valence-electron chi connectivity index (χ3n) is 1.91. The van der Waals surface area contributed by atoms with Crippen LogP contribution >= 0.6 is 31.9 Å². The van der Waals surface area contributed by atoms with E-state index in [1.54, 1.807) is 0 Å². The highest BCUT2D eigenvalue weighted by atomic mass is 79.9. The number of rotatable bonds is 2. The van der Waals surface area contributed by atoms with Gasteiger partial charge in [-0.2, -0.15) is 0 Å². The van der Waals surface area contributed by atoms with Crippen LogP contribution in [0.2, 0.25) is 0 Å². The van der Waals surface area contributed by atoms with E-state index in [1.165, 1.54) is 5.52 Å². The Balaban J connectivity index is 2.55. The van der Waals surface area contributed by atoms with Crippen LogP contribution in [0.3, 0.4) is 0 Å². The number of halogens is 2. The Morgan fingerprint density at radius 3 is 3.00 bits per heavy atom.